The minimum atomic E-state index is -0.458. The number of rotatable bonds is 5. The maximum Gasteiger partial charge on any atom is 0.330 e. The summed E-state index contributed by atoms with van der Waals surface area (Å²) in [6, 6.07) is 6.96. The van der Waals surface area contributed by atoms with Gasteiger partial charge in [0.1, 0.15) is 0 Å². The Labute approximate surface area is 151 Å². The number of likely N-dealkylation sites (tertiary alicyclic amines) is 1. The lowest BCUT2D eigenvalue weighted by molar-refractivity contribution is -0.135. The Morgan fingerprint density at radius 2 is 1.96 bits per heavy atom. The van der Waals surface area contributed by atoms with E-state index in [9.17, 15) is 14.4 Å². The molecule has 0 unspecified atom stereocenters. The molecule has 1 aromatic carbocycles. The molecule has 7 heteroatoms. The van der Waals surface area contributed by atoms with Gasteiger partial charge in [0.25, 0.3) is 5.91 Å². The summed E-state index contributed by atoms with van der Waals surface area (Å²) in [7, 11) is 1.29. The third-order valence-electron chi connectivity index (χ3n) is 4.11. The number of benzene rings is 1. The summed E-state index contributed by atoms with van der Waals surface area (Å²) >= 11 is 6.07. The normalized spacial score (nSPS) is 15.2. The van der Waals surface area contributed by atoms with Crippen LogP contribution in [0.1, 0.15) is 23.2 Å². The molecule has 0 bridgehead atoms. The van der Waals surface area contributed by atoms with E-state index in [0.29, 0.717) is 36.5 Å². The van der Waals surface area contributed by atoms with E-state index in [1.807, 2.05) is 0 Å². The Hall–Kier alpha value is -2.34. The molecule has 134 valence electrons. The number of hydrogen-bond acceptors (Lipinski definition) is 4. The van der Waals surface area contributed by atoms with Gasteiger partial charge in [0, 0.05) is 31.6 Å². The Morgan fingerprint density at radius 3 is 2.60 bits per heavy atom. The molecule has 0 saturated carbocycles. The van der Waals surface area contributed by atoms with Crippen LogP contribution in [-0.4, -0.2) is 49.4 Å². The molecule has 0 spiro atoms. The average Bonchev–Trinajstić information content (AvgIpc) is 2.64. The molecule has 1 N–H and O–H groups in total. The molecule has 1 aromatic rings. The van der Waals surface area contributed by atoms with Crippen LogP contribution in [0.2, 0.25) is 5.02 Å². The molecule has 0 atom stereocenters. The van der Waals surface area contributed by atoms with Gasteiger partial charge >= 0.3 is 5.97 Å². The number of piperidine rings is 1. The number of ether oxygens (including phenoxy) is 1. The van der Waals surface area contributed by atoms with Crippen molar-refractivity contribution in [2.75, 3.05) is 26.7 Å². The highest BCUT2D eigenvalue weighted by atomic mass is 35.5. The number of amides is 2. The lowest BCUT2D eigenvalue weighted by Gasteiger charge is -2.31. The van der Waals surface area contributed by atoms with Crippen molar-refractivity contribution in [1.82, 2.24) is 10.2 Å². The lowest BCUT2D eigenvalue weighted by atomic mass is 9.95. The van der Waals surface area contributed by atoms with Crippen LogP contribution in [0.15, 0.2) is 36.4 Å². The zero-order chi connectivity index (χ0) is 18.2. The van der Waals surface area contributed by atoms with E-state index >= 15 is 0 Å². The van der Waals surface area contributed by atoms with Gasteiger partial charge in [-0.25, -0.2) is 4.79 Å². The molecule has 25 heavy (non-hydrogen) atoms. The fourth-order valence-electron chi connectivity index (χ4n) is 2.68. The predicted octanol–water partition coefficient (Wildman–Crippen LogP) is 2.04. The summed E-state index contributed by atoms with van der Waals surface area (Å²) in [5.74, 6) is -0.771. The van der Waals surface area contributed by atoms with Crippen molar-refractivity contribution in [2.45, 2.75) is 12.8 Å². The van der Waals surface area contributed by atoms with Crippen LogP contribution >= 0.6 is 11.6 Å². The Morgan fingerprint density at radius 1 is 1.28 bits per heavy atom. The number of carbonyl (C=O) groups excluding carboxylic acids is 3. The van der Waals surface area contributed by atoms with Crippen LogP contribution < -0.4 is 5.32 Å². The van der Waals surface area contributed by atoms with Crippen molar-refractivity contribution in [3.05, 3.63) is 47.0 Å². The van der Waals surface area contributed by atoms with E-state index < -0.39 is 5.97 Å². The first-order valence-electron chi connectivity index (χ1n) is 8.09. The third kappa shape index (κ3) is 5.32. The molecule has 0 aliphatic carbocycles. The zero-order valence-corrected chi connectivity index (χ0v) is 14.8. The summed E-state index contributed by atoms with van der Waals surface area (Å²) in [6.45, 7) is 1.30. The molecule has 1 fully saturated rings. The number of esters is 1. The van der Waals surface area contributed by atoms with Crippen molar-refractivity contribution < 1.29 is 19.1 Å². The van der Waals surface area contributed by atoms with Crippen molar-refractivity contribution in [3.63, 3.8) is 0 Å². The molecule has 2 amide bonds. The van der Waals surface area contributed by atoms with Crippen LogP contribution in [-0.2, 0) is 14.3 Å². The van der Waals surface area contributed by atoms with Crippen molar-refractivity contribution in [3.8, 4) is 0 Å². The van der Waals surface area contributed by atoms with Gasteiger partial charge in [0.2, 0.25) is 5.91 Å². The Bertz CT molecular complexity index is 667. The first-order chi connectivity index (χ1) is 12.0. The lowest BCUT2D eigenvalue weighted by Crippen LogP contribution is -2.43. The number of methoxy groups -OCH3 is 1. The Balaban J connectivity index is 1.80. The fraction of sp³-hybridized carbons (Fsp3) is 0.389. The zero-order valence-electron chi connectivity index (χ0n) is 14.0. The van der Waals surface area contributed by atoms with Crippen molar-refractivity contribution >= 4 is 29.4 Å². The van der Waals surface area contributed by atoms with Gasteiger partial charge in [-0.3, -0.25) is 9.59 Å². The minimum absolute atomic E-state index is 0.0700. The molecule has 1 aliphatic heterocycles. The van der Waals surface area contributed by atoms with E-state index in [1.165, 1.54) is 13.2 Å². The standard InChI is InChI=1S/C18H21ClN2O4/c1-25-16(22)7-4-10-20-17(23)13-8-11-21(12-9-13)18(24)14-5-2-3-6-15(14)19/h2-7,13H,8-12H2,1H3,(H,20,23)/b7-4+. The van der Waals surface area contributed by atoms with Crippen LogP contribution in [0.4, 0.5) is 0 Å². The smallest absolute Gasteiger partial charge is 0.330 e. The molecule has 1 aliphatic rings. The van der Waals surface area contributed by atoms with Gasteiger partial charge < -0.3 is 15.0 Å². The molecule has 1 heterocycles. The van der Waals surface area contributed by atoms with E-state index in [1.54, 1.807) is 35.2 Å². The highest BCUT2D eigenvalue weighted by Gasteiger charge is 2.28. The maximum absolute atomic E-state index is 12.5. The van der Waals surface area contributed by atoms with Gasteiger partial charge in [-0.15, -0.1) is 0 Å². The summed E-state index contributed by atoms with van der Waals surface area (Å²) in [5.41, 5.74) is 0.486. The van der Waals surface area contributed by atoms with Crippen molar-refractivity contribution in [2.24, 2.45) is 5.92 Å². The highest BCUT2D eigenvalue weighted by Crippen LogP contribution is 2.22. The number of carbonyl (C=O) groups is 3. The molecule has 0 aromatic heterocycles. The largest absolute Gasteiger partial charge is 0.466 e. The SMILES string of the molecule is COC(=O)/C=C/CNC(=O)C1CCN(C(=O)c2ccccc2Cl)CC1. The van der Waals surface area contributed by atoms with Crippen LogP contribution in [0.5, 0.6) is 0 Å². The van der Waals surface area contributed by atoms with E-state index in [2.05, 4.69) is 10.1 Å². The highest BCUT2D eigenvalue weighted by molar-refractivity contribution is 6.33. The average molecular weight is 365 g/mol. The third-order valence-corrected chi connectivity index (χ3v) is 4.44. The minimum Gasteiger partial charge on any atom is -0.466 e. The van der Waals surface area contributed by atoms with Gasteiger partial charge in [-0.1, -0.05) is 29.8 Å². The topological polar surface area (TPSA) is 75.7 Å². The predicted molar refractivity (Wildman–Crippen MR) is 94.2 cm³/mol. The first-order valence-corrected chi connectivity index (χ1v) is 8.46. The number of halogens is 1. The molecule has 0 radical (unpaired) electrons. The van der Waals surface area contributed by atoms with Gasteiger partial charge in [0.05, 0.1) is 17.7 Å². The van der Waals surface area contributed by atoms with E-state index in [4.69, 9.17) is 11.6 Å². The molecule has 1 saturated heterocycles. The van der Waals surface area contributed by atoms with E-state index in [-0.39, 0.29) is 24.3 Å². The molecule has 6 nitrogen and oxygen atoms in total. The number of hydrogen-bond donors (Lipinski definition) is 1. The second-order valence-corrected chi connectivity index (χ2v) is 6.12. The van der Waals surface area contributed by atoms with Crippen LogP contribution in [0.25, 0.3) is 0 Å². The summed E-state index contributed by atoms with van der Waals surface area (Å²) in [6.07, 6.45) is 4.01. The number of nitrogens with one attached hydrogen (secondary N) is 1. The quantitative estimate of drug-likeness (QED) is 0.640. The summed E-state index contributed by atoms with van der Waals surface area (Å²) in [4.78, 5) is 37.3. The number of nitrogens with zero attached hydrogens (tertiary/aromatic N) is 1. The van der Waals surface area contributed by atoms with Crippen LogP contribution in [0.3, 0.4) is 0 Å². The Kier molecular flexibility index (Phi) is 7.01. The summed E-state index contributed by atoms with van der Waals surface area (Å²) < 4.78 is 4.47. The van der Waals surface area contributed by atoms with Gasteiger partial charge in [0.15, 0.2) is 0 Å². The van der Waals surface area contributed by atoms with Gasteiger partial charge in [-0.05, 0) is 25.0 Å². The summed E-state index contributed by atoms with van der Waals surface area (Å²) in [5, 5.41) is 3.19. The second kappa shape index (κ2) is 9.22. The van der Waals surface area contributed by atoms with Crippen molar-refractivity contribution in [1.29, 1.82) is 0 Å². The first kappa shape index (κ1) is 19.0. The molecule has 2 rings (SSSR count). The molecular formula is C18H21ClN2O4. The monoisotopic (exact) mass is 364 g/mol. The van der Waals surface area contributed by atoms with Gasteiger partial charge in [-0.2, -0.15) is 0 Å². The second-order valence-electron chi connectivity index (χ2n) is 5.72. The maximum atomic E-state index is 12.5. The molecular weight excluding hydrogens is 344 g/mol. The van der Waals surface area contributed by atoms with E-state index in [0.717, 1.165) is 0 Å². The van der Waals surface area contributed by atoms with Crippen LogP contribution in [0, 0.1) is 5.92 Å². The fourth-order valence-corrected chi connectivity index (χ4v) is 2.89.